The summed E-state index contributed by atoms with van der Waals surface area (Å²) in [5, 5.41) is 11.5. The summed E-state index contributed by atoms with van der Waals surface area (Å²) in [7, 11) is 0. The van der Waals surface area contributed by atoms with Crippen molar-refractivity contribution >= 4 is 11.9 Å². The highest BCUT2D eigenvalue weighted by Gasteiger charge is 2.52. The van der Waals surface area contributed by atoms with Gasteiger partial charge in [-0.2, -0.15) is 0 Å². The minimum Gasteiger partial charge on any atom is -0.479 e. The summed E-state index contributed by atoms with van der Waals surface area (Å²) in [5.41, 5.74) is -0.0144. The molecule has 1 saturated heterocycles. The van der Waals surface area contributed by atoms with Crippen LogP contribution in [-0.2, 0) is 19.1 Å². The molecule has 114 valence electrons. The van der Waals surface area contributed by atoms with Gasteiger partial charge in [0.15, 0.2) is 12.2 Å². The Morgan fingerprint density at radius 1 is 1.45 bits per heavy atom. The fraction of sp³-hybridized carbons (Fsp3) is 0.714. The van der Waals surface area contributed by atoms with Gasteiger partial charge in [0.2, 0.25) is 0 Å². The second-order valence-corrected chi connectivity index (χ2v) is 5.88. The lowest BCUT2D eigenvalue weighted by Gasteiger charge is -2.32. The van der Waals surface area contributed by atoms with Crippen LogP contribution in [0.15, 0.2) is 12.2 Å². The molecule has 0 unspecified atom stereocenters. The second-order valence-electron chi connectivity index (χ2n) is 5.88. The monoisotopic (exact) mass is 285 g/mol. The van der Waals surface area contributed by atoms with Crippen LogP contribution in [0.3, 0.4) is 0 Å². The van der Waals surface area contributed by atoms with Crippen LogP contribution in [0.1, 0.15) is 34.1 Å². The van der Waals surface area contributed by atoms with Crippen LogP contribution in [-0.4, -0.2) is 41.5 Å². The zero-order chi connectivity index (χ0) is 15.5. The van der Waals surface area contributed by atoms with E-state index in [9.17, 15) is 9.59 Å². The molecule has 0 aromatic rings. The zero-order valence-electron chi connectivity index (χ0n) is 12.4. The third kappa shape index (κ3) is 4.94. The van der Waals surface area contributed by atoms with E-state index in [0.29, 0.717) is 18.9 Å². The van der Waals surface area contributed by atoms with E-state index in [1.54, 1.807) is 6.92 Å². The lowest BCUT2D eigenvalue weighted by molar-refractivity contribution is -0.139. The van der Waals surface area contributed by atoms with Gasteiger partial charge in [-0.25, -0.2) is 4.79 Å². The number of carbonyl (C=O) groups is 2. The first-order chi connectivity index (χ1) is 9.14. The van der Waals surface area contributed by atoms with Crippen LogP contribution >= 0.6 is 0 Å². The number of epoxide rings is 1. The molecule has 6 nitrogen and oxygen atoms in total. The van der Waals surface area contributed by atoms with Gasteiger partial charge in [-0.3, -0.25) is 4.79 Å². The van der Waals surface area contributed by atoms with Gasteiger partial charge in [0, 0.05) is 0 Å². The van der Waals surface area contributed by atoms with E-state index in [1.165, 1.54) is 0 Å². The Bertz CT molecular complexity index is 406. The third-order valence-corrected chi connectivity index (χ3v) is 2.82. The summed E-state index contributed by atoms with van der Waals surface area (Å²) in [5.74, 6) is -1.28. The third-order valence-electron chi connectivity index (χ3n) is 2.82. The molecular weight excluding hydrogens is 262 g/mol. The summed E-state index contributed by atoms with van der Waals surface area (Å²) in [4.78, 5) is 22.6. The molecule has 0 bridgehead atoms. The first-order valence-corrected chi connectivity index (χ1v) is 6.63. The van der Waals surface area contributed by atoms with Gasteiger partial charge in [-0.15, -0.1) is 0 Å². The molecule has 1 aliphatic heterocycles. The molecule has 1 fully saturated rings. The molecule has 0 radical (unpaired) electrons. The van der Waals surface area contributed by atoms with Crippen molar-refractivity contribution in [2.24, 2.45) is 5.92 Å². The summed E-state index contributed by atoms with van der Waals surface area (Å²) in [6.07, 6.45) is -1.36. The normalized spacial score (nSPS) is 24.1. The average Bonchev–Trinajstić information content (AvgIpc) is 3.05. The number of carbonyl (C=O) groups excluding carboxylic acids is 1. The molecular formula is C14H23NO5. The van der Waals surface area contributed by atoms with Gasteiger partial charge in [0.1, 0.15) is 5.72 Å². The molecule has 2 N–H and O–H groups in total. The molecule has 1 rings (SSSR count). The predicted octanol–water partition coefficient (Wildman–Crippen LogP) is 1.31. The molecule has 3 atom stereocenters. The standard InChI is InChI=1S/C14H23NO5/c1-8(2)6-14(5,19-7-9(3)4)15-12(16)10-11(20-10)13(17)18/h8,10-11H,3,6-7H2,1-2,4-5H3,(H,15,16)(H,17,18)/t10-,11-,14-/m0/s1. The van der Waals surface area contributed by atoms with Gasteiger partial charge in [-0.1, -0.05) is 26.0 Å². The minimum atomic E-state index is -1.13. The highest BCUT2D eigenvalue weighted by molar-refractivity contribution is 5.92. The van der Waals surface area contributed by atoms with E-state index < -0.39 is 29.8 Å². The Morgan fingerprint density at radius 2 is 2.05 bits per heavy atom. The second kappa shape index (κ2) is 6.37. The van der Waals surface area contributed by atoms with Gasteiger partial charge in [-0.05, 0) is 26.2 Å². The zero-order valence-corrected chi connectivity index (χ0v) is 12.4. The van der Waals surface area contributed by atoms with Gasteiger partial charge < -0.3 is 19.9 Å². The van der Waals surface area contributed by atoms with E-state index in [1.807, 2.05) is 20.8 Å². The lowest BCUT2D eigenvalue weighted by Crippen LogP contribution is -2.51. The van der Waals surface area contributed by atoms with Crippen LogP contribution in [0, 0.1) is 5.92 Å². The summed E-state index contributed by atoms with van der Waals surface area (Å²) in [6.45, 7) is 11.7. The van der Waals surface area contributed by atoms with Crippen molar-refractivity contribution in [2.75, 3.05) is 6.61 Å². The van der Waals surface area contributed by atoms with Crippen molar-refractivity contribution in [3.8, 4) is 0 Å². The maximum atomic E-state index is 12.0. The quantitative estimate of drug-likeness (QED) is 0.399. The lowest BCUT2D eigenvalue weighted by atomic mass is 10.0. The van der Waals surface area contributed by atoms with Crippen LogP contribution < -0.4 is 5.32 Å². The van der Waals surface area contributed by atoms with E-state index in [2.05, 4.69) is 11.9 Å². The Labute approximate surface area is 119 Å². The van der Waals surface area contributed by atoms with Crippen LogP contribution in [0.4, 0.5) is 0 Å². The van der Waals surface area contributed by atoms with Gasteiger partial charge in [0.25, 0.3) is 5.91 Å². The average molecular weight is 285 g/mol. The van der Waals surface area contributed by atoms with Crippen molar-refractivity contribution in [2.45, 2.75) is 52.0 Å². The van der Waals surface area contributed by atoms with Crippen molar-refractivity contribution < 1.29 is 24.2 Å². The van der Waals surface area contributed by atoms with Crippen molar-refractivity contribution in [3.05, 3.63) is 12.2 Å². The largest absolute Gasteiger partial charge is 0.479 e. The summed E-state index contributed by atoms with van der Waals surface area (Å²) >= 11 is 0. The molecule has 1 amide bonds. The molecule has 0 spiro atoms. The maximum absolute atomic E-state index is 12.0. The molecule has 1 aliphatic rings. The van der Waals surface area contributed by atoms with Crippen molar-refractivity contribution in [3.63, 3.8) is 0 Å². The molecule has 0 saturated carbocycles. The number of hydrogen-bond donors (Lipinski definition) is 2. The van der Waals surface area contributed by atoms with E-state index >= 15 is 0 Å². The number of amides is 1. The minimum absolute atomic E-state index is 0.306. The first kappa shape index (κ1) is 16.7. The number of carboxylic acid groups (broad SMARTS) is 1. The van der Waals surface area contributed by atoms with E-state index in [0.717, 1.165) is 5.57 Å². The highest BCUT2D eigenvalue weighted by Crippen LogP contribution is 2.25. The predicted molar refractivity (Wildman–Crippen MR) is 73.1 cm³/mol. The van der Waals surface area contributed by atoms with E-state index in [4.69, 9.17) is 14.6 Å². The SMILES string of the molecule is C=C(C)CO[C@@](C)(CC(C)C)NC(=O)[C@H]1O[C@@H]1C(=O)O. The molecule has 20 heavy (non-hydrogen) atoms. The molecule has 1 heterocycles. The first-order valence-electron chi connectivity index (χ1n) is 6.63. The van der Waals surface area contributed by atoms with E-state index in [-0.39, 0.29) is 0 Å². The topological polar surface area (TPSA) is 88.2 Å². The number of nitrogens with one attached hydrogen (secondary N) is 1. The molecule has 6 heteroatoms. The van der Waals surface area contributed by atoms with Crippen LogP contribution in [0.2, 0.25) is 0 Å². The van der Waals surface area contributed by atoms with Crippen LogP contribution in [0.5, 0.6) is 0 Å². The molecule has 0 aromatic heterocycles. The number of ether oxygens (including phenoxy) is 2. The fourth-order valence-electron chi connectivity index (χ4n) is 2.04. The van der Waals surface area contributed by atoms with Crippen molar-refractivity contribution in [1.82, 2.24) is 5.32 Å². The Hall–Kier alpha value is -1.40. The van der Waals surface area contributed by atoms with Crippen molar-refractivity contribution in [1.29, 1.82) is 0 Å². The molecule has 0 aromatic carbocycles. The highest BCUT2D eigenvalue weighted by atomic mass is 16.6. The Kier molecular flexibility index (Phi) is 5.30. The Morgan fingerprint density at radius 3 is 2.45 bits per heavy atom. The smallest absolute Gasteiger partial charge is 0.336 e. The van der Waals surface area contributed by atoms with Gasteiger partial charge in [0.05, 0.1) is 6.61 Å². The summed E-state index contributed by atoms with van der Waals surface area (Å²) < 4.78 is 10.5. The van der Waals surface area contributed by atoms with Crippen LogP contribution in [0.25, 0.3) is 0 Å². The number of hydrogen-bond acceptors (Lipinski definition) is 4. The van der Waals surface area contributed by atoms with Gasteiger partial charge >= 0.3 is 5.97 Å². The fourth-order valence-corrected chi connectivity index (χ4v) is 2.04. The number of carboxylic acids is 1. The number of aliphatic carboxylic acids is 1. The molecule has 0 aliphatic carbocycles. The number of rotatable bonds is 8. The summed E-state index contributed by atoms with van der Waals surface area (Å²) in [6, 6.07) is 0. The Balaban J connectivity index is 2.62. The maximum Gasteiger partial charge on any atom is 0.336 e.